The lowest BCUT2D eigenvalue weighted by Crippen LogP contribution is -2.38. The first-order valence-electron chi connectivity index (χ1n) is 6.77. The maximum Gasteiger partial charge on any atom is 0.143 e. The number of hydrogen-bond donors (Lipinski definition) is 2. The van der Waals surface area contributed by atoms with Gasteiger partial charge >= 0.3 is 0 Å². The minimum absolute atomic E-state index is 0.0472. The van der Waals surface area contributed by atoms with E-state index in [9.17, 15) is 0 Å². The third kappa shape index (κ3) is 3.44. The molecule has 1 aliphatic rings. The van der Waals surface area contributed by atoms with Crippen LogP contribution in [0.3, 0.4) is 0 Å². The lowest BCUT2D eigenvalue weighted by atomic mass is 9.96. The first-order valence-corrected chi connectivity index (χ1v) is 6.77. The molecule has 5 nitrogen and oxygen atoms in total. The van der Waals surface area contributed by atoms with Crippen LogP contribution in [0.5, 0.6) is 0 Å². The number of nitrogens with one attached hydrogen (secondary N) is 1. The quantitative estimate of drug-likeness (QED) is 0.630. The van der Waals surface area contributed by atoms with Gasteiger partial charge in [-0.25, -0.2) is 0 Å². The highest BCUT2D eigenvalue weighted by molar-refractivity contribution is 5.98. The van der Waals surface area contributed by atoms with E-state index in [1.165, 1.54) is 12.8 Å². The summed E-state index contributed by atoms with van der Waals surface area (Å²) in [6.45, 7) is 3.19. The Balaban J connectivity index is 2.04. The standard InChI is InChI=1S/C14H23N5/c1-18(2)10-11-5-8-19(9-6-11)12-4-3-7-17-13(12)14(15)16/h3-4,7,11H,5-6,8-10H2,1-2H3,(H3,15,16). The van der Waals surface area contributed by atoms with Crippen molar-refractivity contribution < 1.29 is 0 Å². The van der Waals surface area contributed by atoms with Crippen molar-refractivity contribution in [1.29, 1.82) is 5.41 Å². The van der Waals surface area contributed by atoms with Crippen LogP contribution in [0.15, 0.2) is 18.3 Å². The van der Waals surface area contributed by atoms with Gasteiger partial charge in [0.25, 0.3) is 0 Å². The molecular weight excluding hydrogens is 238 g/mol. The van der Waals surface area contributed by atoms with Gasteiger partial charge in [0.15, 0.2) is 0 Å². The second kappa shape index (κ2) is 6.02. The maximum absolute atomic E-state index is 7.61. The molecule has 0 amide bonds. The Kier molecular flexibility index (Phi) is 4.37. The van der Waals surface area contributed by atoms with E-state index in [-0.39, 0.29) is 5.84 Å². The van der Waals surface area contributed by atoms with Crippen molar-refractivity contribution in [2.75, 3.05) is 38.6 Å². The van der Waals surface area contributed by atoms with Crippen LogP contribution in [-0.2, 0) is 0 Å². The minimum Gasteiger partial charge on any atom is -0.382 e. The number of piperidine rings is 1. The van der Waals surface area contributed by atoms with Gasteiger partial charge in [0.1, 0.15) is 11.5 Å². The zero-order valence-electron chi connectivity index (χ0n) is 11.8. The summed E-state index contributed by atoms with van der Waals surface area (Å²) in [4.78, 5) is 8.78. The molecule has 0 atom stereocenters. The molecule has 0 spiro atoms. The van der Waals surface area contributed by atoms with Gasteiger partial charge in [-0.05, 0) is 45.0 Å². The fourth-order valence-electron chi connectivity index (χ4n) is 2.73. The van der Waals surface area contributed by atoms with E-state index in [0.717, 1.165) is 31.2 Å². The molecule has 1 saturated heterocycles. The first-order chi connectivity index (χ1) is 9.08. The Morgan fingerprint density at radius 1 is 1.47 bits per heavy atom. The highest BCUT2D eigenvalue weighted by atomic mass is 15.2. The molecule has 1 aromatic heterocycles. The highest BCUT2D eigenvalue weighted by Crippen LogP contribution is 2.25. The summed E-state index contributed by atoms with van der Waals surface area (Å²) in [5.74, 6) is 0.815. The average Bonchev–Trinajstić information content (AvgIpc) is 2.39. The van der Waals surface area contributed by atoms with E-state index in [1.807, 2.05) is 12.1 Å². The van der Waals surface area contributed by atoms with Crippen LogP contribution in [0.2, 0.25) is 0 Å². The molecular formula is C14H23N5. The van der Waals surface area contributed by atoms with Crippen molar-refractivity contribution in [2.45, 2.75) is 12.8 Å². The van der Waals surface area contributed by atoms with Crippen LogP contribution in [-0.4, -0.2) is 49.4 Å². The number of anilines is 1. The summed E-state index contributed by atoms with van der Waals surface area (Å²) < 4.78 is 0. The summed E-state index contributed by atoms with van der Waals surface area (Å²) in [6, 6.07) is 3.92. The number of aromatic nitrogens is 1. The Morgan fingerprint density at radius 3 is 2.74 bits per heavy atom. The van der Waals surface area contributed by atoms with Gasteiger partial charge in [-0.2, -0.15) is 0 Å². The Morgan fingerprint density at radius 2 is 2.16 bits per heavy atom. The number of nitrogens with two attached hydrogens (primary N) is 1. The van der Waals surface area contributed by atoms with Crippen molar-refractivity contribution in [3.05, 3.63) is 24.0 Å². The lowest BCUT2D eigenvalue weighted by molar-refractivity contribution is 0.285. The van der Waals surface area contributed by atoms with E-state index in [0.29, 0.717) is 5.69 Å². The van der Waals surface area contributed by atoms with Crippen LogP contribution in [0, 0.1) is 11.3 Å². The zero-order chi connectivity index (χ0) is 13.8. The number of pyridine rings is 1. The SMILES string of the molecule is CN(C)CC1CCN(c2cccnc2C(=N)N)CC1. The monoisotopic (exact) mass is 261 g/mol. The second-order valence-corrected chi connectivity index (χ2v) is 5.48. The van der Waals surface area contributed by atoms with E-state index >= 15 is 0 Å². The summed E-state index contributed by atoms with van der Waals surface area (Å²) in [5, 5.41) is 7.61. The van der Waals surface area contributed by atoms with E-state index in [2.05, 4.69) is 28.9 Å². The molecule has 3 N–H and O–H groups in total. The molecule has 19 heavy (non-hydrogen) atoms. The van der Waals surface area contributed by atoms with Gasteiger partial charge < -0.3 is 15.5 Å². The average molecular weight is 261 g/mol. The van der Waals surface area contributed by atoms with Gasteiger partial charge in [-0.15, -0.1) is 0 Å². The van der Waals surface area contributed by atoms with Crippen molar-refractivity contribution in [3.8, 4) is 0 Å². The van der Waals surface area contributed by atoms with E-state index in [1.54, 1.807) is 6.20 Å². The van der Waals surface area contributed by atoms with Gasteiger partial charge in [-0.1, -0.05) is 0 Å². The maximum atomic E-state index is 7.61. The van der Waals surface area contributed by atoms with Crippen LogP contribution in [0.4, 0.5) is 5.69 Å². The molecule has 0 aliphatic carbocycles. The third-order valence-electron chi connectivity index (χ3n) is 3.62. The molecule has 104 valence electrons. The van der Waals surface area contributed by atoms with Gasteiger partial charge in [-0.3, -0.25) is 10.4 Å². The van der Waals surface area contributed by atoms with Gasteiger partial charge in [0, 0.05) is 25.8 Å². The Labute approximate surface area is 114 Å². The molecule has 0 radical (unpaired) electrons. The Hall–Kier alpha value is -1.62. The summed E-state index contributed by atoms with van der Waals surface area (Å²) in [7, 11) is 4.25. The molecule has 1 fully saturated rings. The number of nitrogens with zero attached hydrogens (tertiary/aromatic N) is 3. The van der Waals surface area contributed by atoms with E-state index in [4.69, 9.17) is 11.1 Å². The number of hydrogen-bond acceptors (Lipinski definition) is 4. The molecule has 2 heterocycles. The largest absolute Gasteiger partial charge is 0.382 e. The van der Waals surface area contributed by atoms with Crippen LogP contribution in [0.1, 0.15) is 18.5 Å². The smallest absolute Gasteiger partial charge is 0.143 e. The van der Waals surface area contributed by atoms with Crippen molar-refractivity contribution in [1.82, 2.24) is 9.88 Å². The molecule has 5 heteroatoms. The molecule has 1 aliphatic heterocycles. The fourth-order valence-corrected chi connectivity index (χ4v) is 2.73. The molecule has 0 unspecified atom stereocenters. The van der Waals surface area contributed by atoms with E-state index < -0.39 is 0 Å². The molecule has 2 rings (SSSR count). The summed E-state index contributed by atoms with van der Waals surface area (Å²) in [5.41, 5.74) is 7.21. The highest BCUT2D eigenvalue weighted by Gasteiger charge is 2.22. The molecule has 1 aromatic rings. The van der Waals surface area contributed by atoms with Crippen molar-refractivity contribution in [3.63, 3.8) is 0 Å². The van der Waals surface area contributed by atoms with Crippen LogP contribution < -0.4 is 10.6 Å². The predicted octanol–water partition coefficient (Wildman–Crippen LogP) is 1.14. The van der Waals surface area contributed by atoms with Crippen molar-refractivity contribution in [2.24, 2.45) is 11.7 Å². The number of amidine groups is 1. The molecule has 0 bridgehead atoms. The van der Waals surface area contributed by atoms with Crippen LogP contribution in [0.25, 0.3) is 0 Å². The summed E-state index contributed by atoms with van der Waals surface area (Å²) >= 11 is 0. The number of rotatable bonds is 4. The fraction of sp³-hybridized carbons (Fsp3) is 0.571. The topological polar surface area (TPSA) is 69.2 Å². The molecule has 0 saturated carbocycles. The second-order valence-electron chi connectivity index (χ2n) is 5.48. The normalized spacial score (nSPS) is 16.9. The van der Waals surface area contributed by atoms with Crippen molar-refractivity contribution >= 4 is 11.5 Å². The first kappa shape index (κ1) is 13.8. The summed E-state index contributed by atoms with van der Waals surface area (Å²) in [6.07, 6.45) is 4.06. The third-order valence-corrected chi connectivity index (χ3v) is 3.62. The van der Waals surface area contributed by atoms with Gasteiger partial charge in [0.2, 0.25) is 0 Å². The van der Waals surface area contributed by atoms with Crippen LogP contribution >= 0.6 is 0 Å². The van der Waals surface area contributed by atoms with Gasteiger partial charge in [0.05, 0.1) is 5.69 Å². The number of nitrogen functional groups attached to an aromatic ring is 1. The molecule has 0 aromatic carbocycles. The Bertz CT molecular complexity index is 435. The predicted molar refractivity (Wildman–Crippen MR) is 78.7 cm³/mol. The minimum atomic E-state index is 0.0472. The lowest BCUT2D eigenvalue weighted by Gasteiger charge is -2.35. The zero-order valence-corrected chi connectivity index (χ0v) is 11.8.